The second-order valence-corrected chi connectivity index (χ2v) is 4.68. The molecule has 0 saturated carbocycles. The van der Waals surface area contributed by atoms with Crippen molar-refractivity contribution in [2.24, 2.45) is 0 Å². The second kappa shape index (κ2) is 4.24. The molecule has 0 radical (unpaired) electrons. The van der Waals surface area contributed by atoms with E-state index in [4.69, 9.17) is 16.3 Å². The van der Waals surface area contributed by atoms with Crippen LogP contribution in [0.3, 0.4) is 0 Å². The highest BCUT2D eigenvalue weighted by Crippen LogP contribution is 2.25. The highest BCUT2D eigenvalue weighted by atomic mass is 35.5. The van der Waals surface area contributed by atoms with E-state index < -0.39 is 0 Å². The summed E-state index contributed by atoms with van der Waals surface area (Å²) in [6, 6.07) is 7.31. The van der Waals surface area contributed by atoms with Crippen LogP contribution in [0, 0.1) is 6.92 Å². The molecule has 2 heterocycles. The molecule has 0 aliphatic carbocycles. The topological polar surface area (TPSA) is 43.6 Å². The molecule has 0 unspecified atom stereocenters. The van der Waals surface area contributed by atoms with E-state index in [1.54, 1.807) is 12.1 Å². The molecule has 0 aliphatic rings. The number of carbonyl (C=O) groups is 1. The van der Waals surface area contributed by atoms with E-state index in [9.17, 15) is 4.79 Å². The fourth-order valence-corrected chi connectivity index (χ4v) is 2.55. The van der Waals surface area contributed by atoms with Crippen LogP contribution in [0.25, 0.3) is 16.6 Å². The third kappa shape index (κ3) is 1.76. The van der Waals surface area contributed by atoms with Crippen molar-refractivity contribution in [3.63, 3.8) is 0 Å². The Kier molecular flexibility index (Phi) is 2.68. The lowest BCUT2D eigenvalue weighted by Crippen LogP contribution is -2.03. The van der Waals surface area contributed by atoms with Gasteiger partial charge in [0.15, 0.2) is 5.15 Å². The number of aryl methyl sites for hydroxylation is 1. The van der Waals surface area contributed by atoms with Crippen molar-refractivity contribution >= 4 is 34.1 Å². The van der Waals surface area contributed by atoms with E-state index in [1.165, 1.54) is 7.11 Å². The molecule has 0 fully saturated rings. The predicted octanol–water partition coefficient (Wildman–Crippen LogP) is 3.24. The summed E-state index contributed by atoms with van der Waals surface area (Å²) in [5, 5.41) is 0.416. The fourth-order valence-electron chi connectivity index (χ4n) is 2.30. The van der Waals surface area contributed by atoms with Crippen LogP contribution in [0.2, 0.25) is 5.15 Å². The van der Waals surface area contributed by atoms with E-state index in [-0.39, 0.29) is 5.97 Å². The summed E-state index contributed by atoms with van der Waals surface area (Å²) in [5.41, 5.74) is 3.89. The summed E-state index contributed by atoms with van der Waals surface area (Å²) < 4.78 is 6.71. The van der Waals surface area contributed by atoms with Crippen LogP contribution in [0.15, 0.2) is 30.5 Å². The van der Waals surface area contributed by atoms with E-state index >= 15 is 0 Å². The minimum absolute atomic E-state index is 0.379. The maximum atomic E-state index is 11.6. The SMILES string of the molecule is COC(=O)c1cc(C)c2c(c1)nc(Cl)c1cccn12. The fraction of sp³-hybridized carbons (Fsp3) is 0.143. The molecular weight excluding hydrogens is 264 g/mol. The maximum absolute atomic E-state index is 11.6. The van der Waals surface area contributed by atoms with E-state index in [0.29, 0.717) is 16.2 Å². The molecule has 0 bridgehead atoms. The van der Waals surface area contributed by atoms with E-state index in [0.717, 1.165) is 16.6 Å². The third-order valence-electron chi connectivity index (χ3n) is 3.12. The Hall–Kier alpha value is -2.07. The van der Waals surface area contributed by atoms with Crippen molar-refractivity contribution in [1.82, 2.24) is 9.38 Å². The average Bonchev–Trinajstić information content (AvgIpc) is 2.86. The monoisotopic (exact) mass is 274 g/mol. The van der Waals surface area contributed by atoms with Gasteiger partial charge in [0.05, 0.1) is 29.2 Å². The number of fused-ring (bicyclic) bond motifs is 3. The third-order valence-corrected chi connectivity index (χ3v) is 3.40. The van der Waals surface area contributed by atoms with Gasteiger partial charge in [0.2, 0.25) is 0 Å². The van der Waals surface area contributed by atoms with Crippen LogP contribution in [0.5, 0.6) is 0 Å². The highest BCUT2D eigenvalue weighted by Gasteiger charge is 2.13. The summed E-state index contributed by atoms with van der Waals surface area (Å²) in [7, 11) is 1.36. The maximum Gasteiger partial charge on any atom is 0.337 e. The van der Waals surface area contributed by atoms with Crippen LogP contribution < -0.4 is 0 Å². The van der Waals surface area contributed by atoms with Gasteiger partial charge in [-0.15, -0.1) is 0 Å². The van der Waals surface area contributed by atoms with E-state index in [1.807, 2.05) is 29.7 Å². The smallest absolute Gasteiger partial charge is 0.337 e. The van der Waals surface area contributed by atoms with Gasteiger partial charge in [0.1, 0.15) is 0 Å². The Balaban J connectivity index is 2.43. The lowest BCUT2D eigenvalue weighted by molar-refractivity contribution is 0.0601. The van der Waals surface area contributed by atoms with Crippen LogP contribution in [0.1, 0.15) is 15.9 Å². The van der Waals surface area contributed by atoms with Crippen molar-refractivity contribution < 1.29 is 9.53 Å². The summed E-state index contributed by atoms with van der Waals surface area (Å²) in [4.78, 5) is 16.0. The molecule has 0 saturated heterocycles. The molecule has 5 heteroatoms. The van der Waals surface area contributed by atoms with Gasteiger partial charge in [0, 0.05) is 6.20 Å². The van der Waals surface area contributed by atoms with Gasteiger partial charge < -0.3 is 9.14 Å². The number of rotatable bonds is 1. The first-order valence-corrected chi connectivity index (χ1v) is 6.15. The largest absolute Gasteiger partial charge is 0.465 e. The molecule has 3 rings (SSSR count). The van der Waals surface area contributed by atoms with Gasteiger partial charge in [-0.05, 0) is 36.8 Å². The molecule has 3 aromatic rings. The van der Waals surface area contributed by atoms with Gasteiger partial charge >= 0.3 is 5.97 Å². The summed E-state index contributed by atoms with van der Waals surface area (Å²) >= 11 is 6.15. The zero-order chi connectivity index (χ0) is 13.6. The number of halogens is 1. The molecule has 0 atom stereocenters. The van der Waals surface area contributed by atoms with E-state index in [2.05, 4.69) is 4.98 Å². The molecule has 0 aliphatic heterocycles. The minimum Gasteiger partial charge on any atom is -0.465 e. The highest BCUT2D eigenvalue weighted by molar-refractivity contribution is 6.33. The molecule has 0 N–H and O–H groups in total. The molecule has 0 spiro atoms. The molecule has 2 aromatic heterocycles. The Morgan fingerprint density at radius 3 is 2.95 bits per heavy atom. The minimum atomic E-state index is -0.379. The number of esters is 1. The number of nitrogens with zero attached hydrogens (tertiary/aromatic N) is 2. The summed E-state index contributed by atoms with van der Waals surface area (Å²) in [6.07, 6.45) is 1.93. The molecule has 1 aromatic carbocycles. The number of ether oxygens (including phenoxy) is 1. The van der Waals surface area contributed by atoms with Gasteiger partial charge in [-0.3, -0.25) is 0 Å². The number of carbonyl (C=O) groups excluding carboxylic acids is 1. The van der Waals surface area contributed by atoms with Gasteiger partial charge in [-0.1, -0.05) is 11.6 Å². The number of hydrogen-bond acceptors (Lipinski definition) is 3. The standard InChI is InChI=1S/C14H11ClN2O2/c1-8-6-9(14(18)19-2)7-10-12(8)17-5-3-4-11(17)13(15)16-10/h3-7H,1-2H3. The van der Waals surface area contributed by atoms with Crippen LogP contribution >= 0.6 is 11.6 Å². The van der Waals surface area contributed by atoms with Crippen LogP contribution in [-0.4, -0.2) is 22.5 Å². The first kappa shape index (κ1) is 12.0. The van der Waals surface area contributed by atoms with Crippen molar-refractivity contribution in [2.75, 3.05) is 7.11 Å². The second-order valence-electron chi connectivity index (χ2n) is 4.32. The normalized spacial score (nSPS) is 11.1. The number of benzene rings is 1. The Morgan fingerprint density at radius 2 is 2.21 bits per heavy atom. The first-order valence-electron chi connectivity index (χ1n) is 5.77. The quantitative estimate of drug-likeness (QED) is 0.640. The van der Waals surface area contributed by atoms with Crippen molar-refractivity contribution in [3.8, 4) is 0 Å². The first-order chi connectivity index (χ1) is 9.11. The van der Waals surface area contributed by atoms with Crippen LogP contribution in [0.4, 0.5) is 0 Å². The van der Waals surface area contributed by atoms with Gasteiger partial charge in [0.25, 0.3) is 0 Å². The lowest BCUT2D eigenvalue weighted by Gasteiger charge is -2.09. The molecule has 96 valence electrons. The molecule has 4 nitrogen and oxygen atoms in total. The molecular formula is C14H11ClN2O2. The zero-order valence-electron chi connectivity index (χ0n) is 10.5. The van der Waals surface area contributed by atoms with Crippen molar-refractivity contribution in [2.45, 2.75) is 6.92 Å². The van der Waals surface area contributed by atoms with Gasteiger partial charge in [-0.2, -0.15) is 0 Å². The summed E-state index contributed by atoms with van der Waals surface area (Å²) in [5.74, 6) is -0.379. The number of hydrogen-bond donors (Lipinski definition) is 0. The van der Waals surface area contributed by atoms with Crippen molar-refractivity contribution in [3.05, 3.63) is 46.7 Å². The van der Waals surface area contributed by atoms with Crippen LogP contribution in [-0.2, 0) is 4.74 Å². The Morgan fingerprint density at radius 1 is 1.42 bits per heavy atom. The number of methoxy groups -OCH3 is 1. The number of aromatic nitrogens is 2. The zero-order valence-corrected chi connectivity index (χ0v) is 11.2. The van der Waals surface area contributed by atoms with Crippen molar-refractivity contribution in [1.29, 1.82) is 0 Å². The molecule has 19 heavy (non-hydrogen) atoms. The lowest BCUT2D eigenvalue weighted by atomic mass is 10.1. The predicted molar refractivity (Wildman–Crippen MR) is 73.8 cm³/mol. The Labute approximate surface area is 114 Å². The summed E-state index contributed by atoms with van der Waals surface area (Å²) in [6.45, 7) is 1.93. The Bertz CT molecular complexity index is 808. The molecule has 0 amide bonds. The van der Waals surface area contributed by atoms with Gasteiger partial charge in [-0.25, -0.2) is 9.78 Å². The average molecular weight is 275 g/mol.